The third kappa shape index (κ3) is 6.52. The monoisotopic (exact) mass is 539 g/mol. The van der Waals surface area contributed by atoms with Crippen molar-refractivity contribution in [1.82, 2.24) is 20.0 Å². The molecule has 0 spiro atoms. The first kappa shape index (κ1) is 26.2. The standard InChI is InChI=1S/C27H24F3N5O4/c1-37-20-10-7-18(8-11-20)25(36)32-23-12-9-19(15-31-23)24-33-26(39-34-24)22-6-3-13-35(22)16-17-4-2-5-21(14-17)38-27(28,29)30/h2,4-5,7-12,14-15,22H,3,6,13,16H2,1H3,(H,31,32,36). The smallest absolute Gasteiger partial charge is 0.497 e. The fraction of sp³-hybridized carbons (Fsp3) is 0.259. The second kappa shape index (κ2) is 11.1. The first-order valence-electron chi connectivity index (χ1n) is 12.1. The van der Waals surface area contributed by atoms with Crippen molar-refractivity contribution in [3.8, 4) is 22.9 Å². The highest BCUT2D eigenvalue weighted by molar-refractivity contribution is 6.03. The third-order valence-corrected chi connectivity index (χ3v) is 6.22. The summed E-state index contributed by atoms with van der Waals surface area (Å²) in [6.07, 6.45) is -1.55. The second-order valence-electron chi connectivity index (χ2n) is 8.89. The zero-order chi connectivity index (χ0) is 27.4. The highest BCUT2D eigenvalue weighted by Crippen LogP contribution is 2.34. The van der Waals surface area contributed by atoms with Gasteiger partial charge in [0.15, 0.2) is 0 Å². The molecule has 1 N–H and O–H groups in total. The molecule has 1 unspecified atom stereocenters. The van der Waals surface area contributed by atoms with Crippen molar-refractivity contribution in [2.24, 2.45) is 0 Å². The molecule has 39 heavy (non-hydrogen) atoms. The maximum Gasteiger partial charge on any atom is 0.573 e. The predicted octanol–water partition coefficient (Wildman–Crippen LogP) is 5.63. The number of halogens is 3. The van der Waals surface area contributed by atoms with Crippen LogP contribution in [0.1, 0.15) is 40.7 Å². The topological polar surface area (TPSA) is 103 Å². The Bertz CT molecular complexity index is 1420. The van der Waals surface area contributed by atoms with E-state index in [2.05, 4.69) is 30.1 Å². The van der Waals surface area contributed by atoms with Gasteiger partial charge in [-0.05, 0) is 73.5 Å². The molecule has 0 saturated carbocycles. The van der Waals surface area contributed by atoms with Crippen LogP contribution >= 0.6 is 0 Å². The van der Waals surface area contributed by atoms with E-state index in [0.29, 0.717) is 46.5 Å². The van der Waals surface area contributed by atoms with Gasteiger partial charge in [0.2, 0.25) is 11.7 Å². The number of anilines is 1. The Balaban J connectivity index is 1.23. The number of alkyl halides is 3. The number of rotatable bonds is 8. The van der Waals surface area contributed by atoms with E-state index in [1.807, 2.05) is 0 Å². The molecule has 1 amide bonds. The molecular weight excluding hydrogens is 515 g/mol. The molecular formula is C27H24F3N5O4. The molecule has 0 radical (unpaired) electrons. The van der Waals surface area contributed by atoms with Crippen LogP contribution in [-0.4, -0.2) is 45.9 Å². The number of hydrogen-bond acceptors (Lipinski definition) is 8. The first-order chi connectivity index (χ1) is 18.8. The lowest BCUT2D eigenvalue weighted by molar-refractivity contribution is -0.274. The molecule has 1 aliphatic heterocycles. The van der Waals surface area contributed by atoms with Crippen molar-refractivity contribution in [3.63, 3.8) is 0 Å². The van der Waals surface area contributed by atoms with Gasteiger partial charge in [-0.3, -0.25) is 9.69 Å². The summed E-state index contributed by atoms with van der Waals surface area (Å²) in [5, 5.41) is 6.82. The molecule has 202 valence electrons. The second-order valence-corrected chi connectivity index (χ2v) is 8.89. The lowest BCUT2D eigenvalue weighted by Crippen LogP contribution is -2.23. The van der Waals surface area contributed by atoms with Crippen LogP contribution in [0.25, 0.3) is 11.4 Å². The van der Waals surface area contributed by atoms with Crippen LogP contribution in [-0.2, 0) is 6.54 Å². The number of pyridine rings is 1. The van der Waals surface area contributed by atoms with E-state index in [0.717, 1.165) is 19.4 Å². The van der Waals surface area contributed by atoms with Crippen molar-refractivity contribution in [1.29, 1.82) is 0 Å². The Hall–Kier alpha value is -4.45. The highest BCUT2D eigenvalue weighted by Gasteiger charge is 2.32. The Morgan fingerprint density at radius 3 is 2.67 bits per heavy atom. The molecule has 5 rings (SSSR count). The molecule has 1 aliphatic rings. The molecule has 3 heterocycles. The van der Waals surface area contributed by atoms with Crippen molar-refractivity contribution in [2.45, 2.75) is 31.8 Å². The molecule has 0 bridgehead atoms. The number of methoxy groups -OCH3 is 1. The zero-order valence-corrected chi connectivity index (χ0v) is 20.8. The Morgan fingerprint density at radius 1 is 1.13 bits per heavy atom. The minimum absolute atomic E-state index is 0.172. The van der Waals surface area contributed by atoms with Gasteiger partial charge in [-0.2, -0.15) is 4.98 Å². The Morgan fingerprint density at radius 2 is 1.95 bits per heavy atom. The van der Waals surface area contributed by atoms with Gasteiger partial charge < -0.3 is 19.3 Å². The third-order valence-electron chi connectivity index (χ3n) is 6.22. The van der Waals surface area contributed by atoms with Gasteiger partial charge >= 0.3 is 6.36 Å². The maximum absolute atomic E-state index is 12.6. The van der Waals surface area contributed by atoms with Crippen LogP contribution in [0.2, 0.25) is 0 Å². The van der Waals surface area contributed by atoms with Gasteiger partial charge in [0.1, 0.15) is 17.3 Å². The fourth-order valence-electron chi connectivity index (χ4n) is 4.39. The van der Waals surface area contributed by atoms with Gasteiger partial charge in [-0.15, -0.1) is 13.2 Å². The van der Waals surface area contributed by atoms with E-state index in [1.54, 1.807) is 49.6 Å². The van der Waals surface area contributed by atoms with Crippen LogP contribution < -0.4 is 14.8 Å². The minimum Gasteiger partial charge on any atom is -0.497 e. The quantitative estimate of drug-likeness (QED) is 0.308. The summed E-state index contributed by atoms with van der Waals surface area (Å²) >= 11 is 0. The molecule has 12 heteroatoms. The SMILES string of the molecule is COc1ccc(C(=O)Nc2ccc(-c3noc(C4CCCN4Cc4cccc(OC(F)(F)F)c4)n3)cn2)cc1. The largest absolute Gasteiger partial charge is 0.573 e. The lowest BCUT2D eigenvalue weighted by Gasteiger charge is -2.21. The van der Waals surface area contributed by atoms with Crippen molar-refractivity contribution >= 4 is 11.7 Å². The normalized spacial score (nSPS) is 15.7. The number of carbonyl (C=O) groups is 1. The lowest BCUT2D eigenvalue weighted by atomic mass is 10.1. The number of benzene rings is 2. The summed E-state index contributed by atoms with van der Waals surface area (Å²) in [4.78, 5) is 23.4. The number of likely N-dealkylation sites (tertiary alicyclic amines) is 1. The van der Waals surface area contributed by atoms with Crippen LogP contribution in [0.3, 0.4) is 0 Å². The predicted molar refractivity (Wildman–Crippen MR) is 134 cm³/mol. The summed E-state index contributed by atoms with van der Waals surface area (Å²) in [6.45, 7) is 1.14. The molecule has 1 atom stereocenters. The van der Waals surface area contributed by atoms with E-state index in [9.17, 15) is 18.0 Å². The number of ether oxygens (including phenoxy) is 2. The van der Waals surface area contributed by atoms with Crippen LogP contribution in [0, 0.1) is 0 Å². The van der Waals surface area contributed by atoms with E-state index < -0.39 is 6.36 Å². The summed E-state index contributed by atoms with van der Waals surface area (Å²) in [6, 6.07) is 15.8. The number of amides is 1. The molecule has 0 aliphatic carbocycles. The fourth-order valence-corrected chi connectivity index (χ4v) is 4.39. The molecule has 9 nitrogen and oxygen atoms in total. The highest BCUT2D eigenvalue weighted by atomic mass is 19.4. The summed E-state index contributed by atoms with van der Waals surface area (Å²) in [5.74, 6) is 1.21. The number of aromatic nitrogens is 3. The van der Waals surface area contributed by atoms with Gasteiger partial charge in [-0.1, -0.05) is 17.3 Å². The Kier molecular flexibility index (Phi) is 7.46. The molecule has 2 aromatic heterocycles. The maximum atomic E-state index is 12.6. The molecule has 1 fully saturated rings. The average Bonchev–Trinajstić information content (AvgIpc) is 3.58. The molecule has 2 aromatic carbocycles. The number of nitrogens with one attached hydrogen (secondary N) is 1. The first-order valence-corrected chi connectivity index (χ1v) is 12.1. The minimum atomic E-state index is -4.75. The summed E-state index contributed by atoms with van der Waals surface area (Å²) in [7, 11) is 1.55. The van der Waals surface area contributed by atoms with E-state index in [4.69, 9.17) is 9.26 Å². The molecule has 1 saturated heterocycles. The molecule has 4 aromatic rings. The van der Waals surface area contributed by atoms with Crippen LogP contribution in [0.4, 0.5) is 19.0 Å². The summed E-state index contributed by atoms with van der Waals surface area (Å²) in [5.41, 5.74) is 1.75. The van der Waals surface area contributed by atoms with E-state index >= 15 is 0 Å². The summed E-state index contributed by atoms with van der Waals surface area (Å²) < 4.78 is 52.5. The van der Waals surface area contributed by atoms with E-state index in [1.165, 1.54) is 24.4 Å². The van der Waals surface area contributed by atoms with Gasteiger partial charge in [0.25, 0.3) is 5.91 Å². The van der Waals surface area contributed by atoms with Gasteiger partial charge in [0.05, 0.1) is 13.2 Å². The van der Waals surface area contributed by atoms with Crippen molar-refractivity contribution in [3.05, 3.63) is 83.9 Å². The van der Waals surface area contributed by atoms with Crippen molar-refractivity contribution < 1.29 is 32.0 Å². The number of hydrogen-bond donors (Lipinski definition) is 1. The number of carbonyl (C=O) groups excluding carboxylic acids is 1. The van der Waals surface area contributed by atoms with Crippen LogP contribution in [0.5, 0.6) is 11.5 Å². The zero-order valence-electron chi connectivity index (χ0n) is 20.8. The average molecular weight is 540 g/mol. The Labute approximate surface area is 221 Å². The number of nitrogens with zero attached hydrogens (tertiary/aromatic N) is 4. The van der Waals surface area contributed by atoms with E-state index in [-0.39, 0.29) is 17.7 Å². The van der Waals surface area contributed by atoms with Gasteiger partial charge in [-0.25, -0.2) is 4.98 Å². The van der Waals surface area contributed by atoms with Gasteiger partial charge in [0, 0.05) is 23.9 Å². The van der Waals surface area contributed by atoms with Crippen LogP contribution in [0.15, 0.2) is 71.4 Å². The van der Waals surface area contributed by atoms with Crippen molar-refractivity contribution in [2.75, 3.05) is 19.0 Å².